The molecule has 0 aliphatic rings. The molecule has 0 spiro atoms. The molecule has 0 aromatic carbocycles. The molecule has 0 saturated heterocycles. The highest BCUT2D eigenvalue weighted by Crippen LogP contribution is 2.12. The van der Waals surface area contributed by atoms with Gasteiger partial charge >= 0.3 is 11.9 Å². The van der Waals surface area contributed by atoms with Crippen LogP contribution < -0.4 is 5.11 Å². The quantitative estimate of drug-likeness (QED) is 0.0264. The molecule has 0 saturated carbocycles. The zero-order valence-corrected chi connectivity index (χ0v) is 37.0. The van der Waals surface area contributed by atoms with Crippen LogP contribution in [0.1, 0.15) is 168 Å². The van der Waals surface area contributed by atoms with Crippen molar-refractivity contribution in [1.29, 1.82) is 0 Å². The summed E-state index contributed by atoms with van der Waals surface area (Å²) in [5.41, 5.74) is 0. The fourth-order valence-electron chi connectivity index (χ4n) is 6.10. The van der Waals surface area contributed by atoms with Crippen LogP contribution in [0.5, 0.6) is 0 Å². The van der Waals surface area contributed by atoms with Gasteiger partial charge in [0.15, 0.2) is 6.10 Å². The molecule has 0 bridgehead atoms. The van der Waals surface area contributed by atoms with Gasteiger partial charge in [-0.3, -0.25) is 9.59 Å². The first kappa shape index (κ1) is 53.8. The highest BCUT2D eigenvalue weighted by Gasteiger charge is 2.25. The third kappa shape index (κ3) is 38.1. The molecule has 57 heavy (non-hydrogen) atoms. The number of carboxylic acid groups (broad SMARTS) is 1. The van der Waals surface area contributed by atoms with Crippen LogP contribution >= 0.6 is 0 Å². The van der Waals surface area contributed by atoms with E-state index in [0.717, 1.165) is 70.6 Å². The van der Waals surface area contributed by atoms with Gasteiger partial charge in [0.25, 0.3) is 0 Å². The number of unbranched alkanes of at least 4 members (excludes halogenated alkanes) is 13. The average molecular weight is 798 g/mol. The minimum atomic E-state index is -1.14. The van der Waals surface area contributed by atoms with Gasteiger partial charge in [-0.15, -0.1) is 0 Å². The van der Waals surface area contributed by atoms with Gasteiger partial charge in [0.1, 0.15) is 12.6 Å². The smallest absolute Gasteiger partial charge is 0.306 e. The van der Waals surface area contributed by atoms with Crippen molar-refractivity contribution in [3.8, 4) is 0 Å². The van der Waals surface area contributed by atoms with Crippen LogP contribution in [0.25, 0.3) is 0 Å². The predicted molar refractivity (Wildman–Crippen MR) is 235 cm³/mol. The van der Waals surface area contributed by atoms with Crippen molar-refractivity contribution < 1.29 is 38.2 Å². The normalized spacial score (nSPS) is 13.6. The molecule has 2 atom stereocenters. The number of rotatable bonds is 39. The second-order valence-corrected chi connectivity index (χ2v) is 15.9. The fourth-order valence-corrected chi connectivity index (χ4v) is 6.10. The Morgan fingerprint density at radius 2 is 1.00 bits per heavy atom. The van der Waals surface area contributed by atoms with Crippen LogP contribution in [-0.2, 0) is 28.6 Å². The predicted octanol–water partition coefficient (Wildman–Crippen LogP) is 11.0. The highest BCUT2D eigenvalue weighted by molar-refractivity contribution is 5.70. The Balaban J connectivity index is 4.45. The number of allylic oxidation sites excluding steroid dienone is 12. The summed E-state index contributed by atoms with van der Waals surface area (Å²) in [7, 11) is 5.38. The second kappa shape index (κ2) is 39.6. The van der Waals surface area contributed by atoms with Crippen LogP contribution in [0.2, 0.25) is 0 Å². The molecule has 0 aromatic heterocycles. The summed E-state index contributed by atoms with van der Waals surface area (Å²) < 4.78 is 17.1. The van der Waals surface area contributed by atoms with Crippen molar-refractivity contribution in [3.63, 3.8) is 0 Å². The maximum atomic E-state index is 12.7. The van der Waals surface area contributed by atoms with Gasteiger partial charge in [-0.25, -0.2) is 0 Å². The van der Waals surface area contributed by atoms with Crippen molar-refractivity contribution in [2.75, 3.05) is 41.0 Å². The Morgan fingerprint density at radius 1 is 0.544 bits per heavy atom. The van der Waals surface area contributed by atoms with E-state index in [9.17, 15) is 19.5 Å². The first-order valence-corrected chi connectivity index (χ1v) is 22.5. The van der Waals surface area contributed by atoms with Crippen molar-refractivity contribution >= 4 is 17.9 Å². The number of carbonyl (C=O) groups is 3. The molecule has 0 amide bonds. The summed E-state index contributed by atoms with van der Waals surface area (Å²) in [6.07, 6.45) is 49.3. The van der Waals surface area contributed by atoms with Crippen molar-refractivity contribution in [3.05, 3.63) is 72.9 Å². The van der Waals surface area contributed by atoms with Crippen LogP contribution in [0.4, 0.5) is 0 Å². The van der Waals surface area contributed by atoms with Gasteiger partial charge in [-0.2, -0.15) is 0 Å². The van der Waals surface area contributed by atoms with Gasteiger partial charge in [-0.05, 0) is 77.0 Å². The second-order valence-electron chi connectivity index (χ2n) is 15.9. The highest BCUT2D eigenvalue weighted by atomic mass is 16.6. The Morgan fingerprint density at radius 3 is 1.51 bits per heavy atom. The monoisotopic (exact) mass is 798 g/mol. The lowest BCUT2D eigenvalue weighted by atomic mass is 10.1. The lowest BCUT2D eigenvalue weighted by Gasteiger charge is -2.34. The van der Waals surface area contributed by atoms with E-state index in [4.69, 9.17) is 14.2 Å². The summed E-state index contributed by atoms with van der Waals surface area (Å²) >= 11 is 0. The molecule has 0 fully saturated rings. The summed E-state index contributed by atoms with van der Waals surface area (Å²) in [6.45, 7) is 4.46. The van der Waals surface area contributed by atoms with Crippen LogP contribution in [0.3, 0.4) is 0 Å². The molecule has 2 unspecified atom stereocenters. The average Bonchev–Trinajstić information content (AvgIpc) is 3.17. The topological polar surface area (TPSA) is 102 Å². The van der Waals surface area contributed by atoms with E-state index >= 15 is 0 Å². The number of quaternary nitrogens is 1. The molecule has 8 nitrogen and oxygen atoms in total. The first-order valence-electron chi connectivity index (χ1n) is 22.5. The Kier molecular flexibility index (Phi) is 37.3. The number of esters is 2. The van der Waals surface area contributed by atoms with E-state index in [2.05, 4.69) is 86.8 Å². The summed E-state index contributed by atoms with van der Waals surface area (Å²) in [5.74, 6) is -1.83. The van der Waals surface area contributed by atoms with Gasteiger partial charge in [0.2, 0.25) is 0 Å². The molecule has 0 aromatic rings. The third-order valence-corrected chi connectivity index (χ3v) is 9.58. The number of nitrogens with zero attached hydrogens (tertiary/aromatic N) is 1. The zero-order valence-electron chi connectivity index (χ0n) is 37.0. The Bertz CT molecular complexity index is 1160. The molecule has 0 aliphatic heterocycles. The van der Waals surface area contributed by atoms with Gasteiger partial charge in [-0.1, -0.05) is 145 Å². The molecule has 8 heteroatoms. The van der Waals surface area contributed by atoms with Crippen LogP contribution in [-0.4, -0.2) is 75.5 Å². The van der Waals surface area contributed by atoms with E-state index < -0.39 is 18.1 Å². The Hall–Kier alpha value is -3.23. The number of carboxylic acids is 1. The van der Waals surface area contributed by atoms with E-state index in [-0.39, 0.29) is 49.1 Å². The molecule has 0 heterocycles. The van der Waals surface area contributed by atoms with Gasteiger partial charge < -0.3 is 28.6 Å². The number of hydrogen-bond donors (Lipinski definition) is 0. The van der Waals surface area contributed by atoms with E-state index in [1.54, 1.807) is 21.1 Å². The molecule has 0 rings (SSSR count). The molecular weight excluding hydrogens is 715 g/mol. The summed E-state index contributed by atoms with van der Waals surface area (Å²) in [5, 5.41) is 11.6. The first-order chi connectivity index (χ1) is 27.6. The zero-order chi connectivity index (χ0) is 42.1. The molecule has 0 radical (unpaired) electrons. The fraction of sp³-hybridized carbons (Fsp3) is 0.694. The molecule has 0 aliphatic carbocycles. The number of aliphatic carboxylic acids is 1. The van der Waals surface area contributed by atoms with Crippen molar-refractivity contribution in [2.45, 2.75) is 180 Å². The lowest BCUT2D eigenvalue weighted by molar-refractivity contribution is -0.889. The maximum Gasteiger partial charge on any atom is 0.306 e. The minimum absolute atomic E-state index is 0.0160. The molecular formula is C49H83NO7. The van der Waals surface area contributed by atoms with Crippen LogP contribution in [0, 0.1) is 0 Å². The Labute approximate surface area is 349 Å². The minimum Gasteiger partial charge on any atom is -0.544 e. The number of hydrogen-bond acceptors (Lipinski definition) is 7. The maximum absolute atomic E-state index is 12.7. The van der Waals surface area contributed by atoms with Crippen LogP contribution in [0.15, 0.2) is 72.9 Å². The van der Waals surface area contributed by atoms with E-state index in [1.165, 1.54) is 57.8 Å². The van der Waals surface area contributed by atoms with Gasteiger partial charge in [0, 0.05) is 19.3 Å². The SMILES string of the molecule is CC/C=C/C/C=C/C/C=C/CCCCCCCCC(=O)OC(COCCC(C(=O)[O-])[N+](C)(C)C)COC(=O)CCC/C=C/C/C=C/C/C=C/CCCCCCCC. The van der Waals surface area contributed by atoms with Crippen molar-refractivity contribution in [1.82, 2.24) is 0 Å². The molecule has 326 valence electrons. The standard InChI is InChI=1S/C49H83NO7/c1-6-8-10-12-14-16-18-20-22-24-26-27-29-31-33-35-37-39-47(51)56-44-45(43-55-42-41-46(49(53)54)50(3,4)5)57-48(52)40-38-36-34-32-30-28-25-23-21-19-17-15-13-11-9-7-2/h9,11,15,17,20-23,26-27,31,33,45-46H,6-8,10,12-14,16,18-19,24-25,28-30,32,34-44H2,1-5H3/b11-9+,17-15+,22-20+,23-21+,27-26+,33-31+. The largest absolute Gasteiger partial charge is 0.544 e. The third-order valence-electron chi connectivity index (χ3n) is 9.58. The van der Waals surface area contributed by atoms with Crippen molar-refractivity contribution in [2.24, 2.45) is 0 Å². The number of carbonyl (C=O) groups excluding carboxylic acids is 3. The lowest BCUT2D eigenvalue weighted by Crippen LogP contribution is -2.55. The van der Waals surface area contributed by atoms with E-state index in [1.807, 2.05) is 0 Å². The summed E-state index contributed by atoms with van der Waals surface area (Å²) in [4.78, 5) is 36.8. The molecule has 0 N–H and O–H groups in total. The number of likely N-dealkylation sites (N-methyl/N-ethyl adjacent to an activating group) is 1. The number of ether oxygens (including phenoxy) is 3. The van der Waals surface area contributed by atoms with Gasteiger partial charge in [0.05, 0.1) is 40.3 Å². The summed E-state index contributed by atoms with van der Waals surface area (Å²) in [6, 6.07) is -0.738. The van der Waals surface area contributed by atoms with E-state index in [0.29, 0.717) is 12.8 Å².